The fourth-order valence-electron chi connectivity index (χ4n) is 4.71. The third-order valence-electron chi connectivity index (χ3n) is 6.67. The Balaban J connectivity index is 1.63. The molecule has 0 radical (unpaired) electrons. The molecule has 0 saturated carbocycles. The molecule has 0 aliphatic carbocycles. The van der Waals surface area contributed by atoms with Crippen LogP contribution in [0.25, 0.3) is 0 Å². The molecule has 2 aromatic rings. The molecule has 0 bridgehead atoms. The Kier molecular flexibility index (Phi) is 10.4. The van der Waals surface area contributed by atoms with Gasteiger partial charge in [-0.1, -0.05) is 31.2 Å². The molecule has 1 heterocycles. The fraction of sp³-hybridized carbons (Fsp3) is 0.519. The Morgan fingerprint density at radius 2 is 1.73 bits per heavy atom. The van der Waals surface area contributed by atoms with Crippen molar-refractivity contribution in [3.8, 4) is 0 Å². The maximum absolute atomic E-state index is 13.8. The molecule has 3 N–H and O–H groups in total. The zero-order chi connectivity index (χ0) is 27.0. The average molecular weight is 538 g/mol. The number of carbonyl (C=O) groups is 1. The van der Waals surface area contributed by atoms with Crippen molar-refractivity contribution in [1.29, 1.82) is 0 Å². The molecule has 1 fully saturated rings. The van der Waals surface area contributed by atoms with Crippen LogP contribution in [-0.4, -0.2) is 68.2 Å². The number of aliphatic hydroxyl groups is 1. The number of halogens is 2. The fourth-order valence-corrected chi connectivity index (χ4v) is 5.90. The zero-order valence-electron chi connectivity index (χ0n) is 21.4. The van der Waals surface area contributed by atoms with E-state index in [1.165, 1.54) is 24.0 Å². The number of nitrogens with one attached hydrogen (secondary N) is 2. The number of aryl methyl sites for hydroxylation is 1. The Hall–Kier alpha value is -2.56. The maximum Gasteiger partial charge on any atom is 0.317 e. The van der Waals surface area contributed by atoms with Crippen LogP contribution in [0.1, 0.15) is 36.5 Å². The first kappa shape index (κ1) is 29.0. The van der Waals surface area contributed by atoms with Crippen LogP contribution < -0.4 is 10.6 Å². The van der Waals surface area contributed by atoms with E-state index >= 15 is 0 Å². The summed E-state index contributed by atoms with van der Waals surface area (Å²) in [6.45, 7) is 3.56. The van der Waals surface area contributed by atoms with E-state index in [1.807, 2.05) is 18.2 Å². The summed E-state index contributed by atoms with van der Waals surface area (Å²) in [7, 11) is -3.09. The average Bonchev–Trinajstić information content (AvgIpc) is 2.82. The molecule has 0 aromatic heterocycles. The number of benzene rings is 2. The summed E-state index contributed by atoms with van der Waals surface area (Å²) >= 11 is 0. The standard InChI is InChI=1S/C27H37F2N3O4S/c1-3-19-5-4-6-21(11-19)16-30-17-26(33)25(14-22-12-23(28)15-24(29)13-22)31-27(34)32-9-7-20(8-10-32)18-37(2,35)36/h4-6,11-13,15,20,25-26,30,33H,3,7-10,14,16-18H2,1-2H3,(H,31,34). The van der Waals surface area contributed by atoms with Crippen LogP contribution in [0, 0.1) is 17.6 Å². The Morgan fingerprint density at radius 3 is 2.35 bits per heavy atom. The minimum absolute atomic E-state index is 0.00566. The Labute approximate surface area is 218 Å². The van der Waals surface area contributed by atoms with Gasteiger partial charge in [0, 0.05) is 38.5 Å². The van der Waals surface area contributed by atoms with Crippen molar-refractivity contribution in [2.75, 3.05) is 31.6 Å². The maximum atomic E-state index is 13.8. The number of nitrogens with zero attached hydrogens (tertiary/aromatic N) is 1. The monoisotopic (exact) mass is 537 g/mol. The molecule has 2 amide bonds. The van der Waals surface area contributed by atoms with Gasteiger partial charge >= 0.3 is 6.03 Å². The van der Waals surface area contributed by atoms with Crippen LogP contribution in [-0.2, 0) is 29.2 Å². The number of rotatable bonds is 11. The molecule has 10 heteroatoms. The third-order valence-corrected chi connectivity index (χ3v) is 7.75. The van der Waals surface area contributed by atoms with E-state index in [9.17, 15) is 27.1 Å². The van der Waals surface area contributed by atoms with Gasteiger partial charge in [0.25, 0.3) is 0 Å². The molecule has 204 valence electrons. The smallest absolute Gasteiger partial charge is 0.317 e. The normalized spacial score (nSPS) is 16.4. The summed E-state index contributed by atoms with van der Waals surface area (Å²) in [6, 6.07) is 10.1. The van der Waals surface area contributed by atoms with Gasteiger partial charge in [-0.3, -0.25) is 0 Å². The van der Waals surface area contributed by atoms with Gasteiger partial charge in [-0.2, -0.15) is 0 Å². The number of hydrogen-bond donors (Lipinski definition) is 3. The van der Waals surface area contributed by atoms with E-state index in [2.05, 4.69) is 23.6 Å². The number of hydrogen-bond acceptors (Lipinski definition) is 5. The largest absolute Gasteiger partial charge is 0.390 e. The molecule has 2 aromatic carbocycles. The Morgan fingerprint density at radius 1 is 1.08 bits per heavy atom. The lowest BCUT2D eigenvalue weighted by Gasteiger charge is -2.34. The molecule has 1 saturated heterocycles. The lowest BCUT2D eigenvalue weighted by molar-refractivity contribution is 0.116. The number of amides is 2. The van der Waals surface area contributed by atoms with E-state index in [0.717, 1.165) is 18.1 Å². The first-order valence-electron chi connectivity index (χ1n) is 12.7. The predicted molar refractivity (Wildman–Crippen MR) is 140 cm³/mol. The van der Waals surface area contributed by atoms with Crippen molar-refractivity contribution in [2.45, 2.75) is 51.3 Å². The van der Waals surface area contributed by atoms with Crippen LogP contribution in [0.2, 0.25) is 0 Å². The summed E-state index contributed by atoms with van der Waals surface area (Å²) in [5.41, 5.74) is 2.60. The predicted octanol–water partition coefficient (Wildman–Crippen LogP) is 3.06. The highest BCUT2D eigenvalue weighted by atomic mass is 32.2. The SMILES string of the molecule is CCc1cccc(CNCC(O)C(Cc2cc(F)cc(F)c2)NC(=O)N2CCC(CS(C)(=O)=O)CC2)c1. The van der Waals surface area contributed by atoms with Crippen LogP contribution in [0.3, 0.4) is 0 Å². The summed E-state index contributed by atoms with van der Waals surface area (Å²) in [5.74, 6) is -1.35. The summed E-state index contributed by atoms with van der Waals surface area (Å²) in [5, 5.41) is 17.0. The molecule has 7 nitrogen and oxygen atoms in total. The summed E-state index contributed by atoms with van der Waals surface area (Å²) in [6.07, 6.45) is 2.29. The molecule has 1 aliphatic heterocycles. The number of aliphatic hydroxyl groups excluding tert-OH is 1. The first-order chi connectivity index (χ1) is 17.5. The van der Waals surface area contributed by atoms with Gasteiger partial charge in [0.2, 0.25) is 0 Å². The van der Waals surface area contributed by atoms with E-state index in [4.69, 9.17) is 0 Å². The van der Waals surface area contributed by atoms with Crippen LogP contribution in [0.4, 0.5) is 13.6 Å². The quantitative estimate of drug-likeness (QED) is 0.409. The number of piperidine rings is 1. The van der Waals surface area contributed by atoms with Crippen molar-refractivity contribution in [2.24, 2.45) is 5.92 Å². The number of likely N-dealkylation sites (tertiary alicyclic amines) is 1. The number of sulfone groups is 1. The molecule has 2 unspecified atom stereocenters. The van der Waals surface area contributed by atoms with Crippen molar-refractivity contribution < 1.29 is 27.1 Å². The topological polar surface area (TPSA) is 98.7 Å². The van der Waals surface area contributed by atoms with Gasteiger partial charge in [0.15, 0.2) is 0 Å². The second kappa shape index (κ2) is 13.3. The molecule has 37 heavy (non-hydrogen) atoms. The van der Waals surface area contributed by atoms with E-state index in [-0.39, 0.29) is 24.6 Å². The molecule has 0 spiro atoms. The summed E-state index contributed by atoms with van der Waals surface area (Å²) < 4.78 is 50.7. The molecule has 1 aliphatic rings. The van der Waals surface area contributed by atoms with Crippen molar-refractivity contribution in [3.63, 3.8) is 0 Å². The van der Waals surface area contributed by atoms with Gasteiger partial charge in [0.1, 0.15) is 21.5 Å². The lowest BCUT2D eigenvalue weighted by atomic mass is 9.98. The molecular formula is C27H37F2N3O4S. The molecular weight excluding hydrogens is 500 g/mol. The minimum atomic E-state index is -3.09. The highest BCUT2D eigenvalue weighted by molar-refractivity contribution is 7.90. The van der Waals surface area contributed by atoms with Gasteiger partial charge in [-0.25, -0.2) is 22.0 Å². The minimum Gasteiger partial charge on any atom is -0.390 e. The number of urea groups is 1. The van der Waals surface area contributed by atoms with Crippen LogP contribution >= 0.6 is 0 Å². The first-order valence-corrected chi connectivity index (χ1v) is 14.7. The van der Waals surface area contributed by atoms with Crippen molar-refractivity contribution in [1.82, 2.24) is 15.5 Å². The second-order valence-corrected chi connectivity index (χ2v) is 12.1. The summed E-state index contributed by atoms with van der Waals surface area (Å²) in [4.78, 5) is 14.6. The second-order valence-electron chi connectivity index (χ2n) is 9.93. The van der Waals surface area contributed by atoms with Gasteiger partial charge < -0.3 is 20.6 Å². The van der Waals surface area contributed by atoms with E-state index in [0.29, 0.717) is 38.0 Å². The molecule has 2 atom stereocenters. The van der Waals surface area contributed by atoms with Gasteiger partial charge in [-0.05, 0) is 60.4 Å². The number of carbonyl (C=O) groups excluding carboxylic acids is 1. The third kappa shape index (κ3) is 9.68. The van der Waals surface area contributed by atoms with E-state index in [1.54, 1.807) is 4.90 Å². The van der Waals surface area contributed by atoms with Crippen LogP contribution in [0.5, 0.6) is 0 Å². The van der Waals surface area contributed by atoms with Crippen molar-refractivity contribution in [3.05, 3.63) is 70.8 Å². The highest BCUT2D eigenvalue weighted by Crippen LogP contribution is 2.19. The van der Waals surface area contributed by atoms with Gasteiger partial charge in [0.05, 0.1) is 17.9 Å². The van der Waals surface area contributed by atoms with Crippen molar-refractivity contribution >= 4 is 15.9 Å². The molecule has 3 rings (SSSR count). The lowest BCUT2D eigenvalue weighted by Crippen LogP contribution is -2.54. The van der Waals surface area contributed by atoms with Crippen LogP contribution in [0.15, 0.2) is 42.5 Å². The zero-order valence-corrected chi connectivity index (χ0v) is 22.2. The van der Waals surface area contributed by atoms with E-state index < -0.39 is 39.6 Å². The van der Waals surface area contributed by atoms with Gasteiger partial charge in [-0.15, -0.1) is 0 Å². The Bertz CT molecular complexity index is 1130. The highest BCUT2D eigenvalue weighted by Gasteiger charge is 2.28.